The third-order valence-corrected chi connectivity index (χ3v) is 3.26. The third kappa shape index (κ3) is 3.43. The van der Waals surface area contributed by atoms with Crippen LogP contribution in [0.5, 0.6) is 11.6 Å². The molecule has 20 heavy (non-hydrogen) atoms. The summed E-state index contributed by atoms with van der Waals surface area (Å²) in [5.41, 5.74) is -0.105. The fourth-order valence-corrected chi connectivity index (χ4v) is 1.99. The van der Waals surface area contributed by atoms with E-state index < -0.39 is 11.7 Å². The molecule has 7 heteroatoms. The molecule has 0 spiro atoms. The lowest BCUT2D eigenvalue weighted by atomic mass is 10.2. The van der Waals surface area contributed by atoms with Crippen LogP contribution in [0.4, 0.5) is 13.2 Å². The molecule has 0 amide bonds. The number of aromatic nitrogens is 1. The Labute approximate surface area is 126 Å². The average molecular weight is 367 g/mol. The number of nitrogens with zero attached hydrogens (tertiary/aromatic N) is 1. The van der Waals surface area contributed by atoms with E-state index in [1.54, 1.807) is 19.1 Å². The van der Waals surface area contributed by atoms with E-state index in [0.717, 1.165) is 16.1 Å². The van der Waals surface area contributed by atoms with Crippen molar-refractivity contribution in [3.63, 3.8) is 0 Å². The molecule has 0 bridgehead atoms. The van der Waals surface area contributed by atoms with E-state index in [0.29, 0.717) is 11.9 Å². The highest BCUT2D eigenvalue weighted by molar-refractivity contribution is 9.10. The van der Waals surface area contributed by atoms with E-state index >= 15 is 0 Å². The van der Waals surface area contributed by atoms with E-state index in [1.165, 1.54) is 0 Å². The van der Waals surface area contributed by atoms with Gasteiger partial charge in [0.15, 0.2) is 0 Å². The molecule has 1 aromatic carbocycles. The lowest BCUT2D eigenvalue weighted by molar-refractivity contribution is -0.137. The van der Waals surface area contributed by atoms with Gasteiger partial charge in [0.1, 0.15) is 10.8 Å². The minimum Gasteiger partial charge on any atom is -0.437 e. The van der Waals surface area contributed by atoms with E-state index in [-0.39, 0.29) is 10.9 Å². The van der Waals surface area contributed by atoms with Crippen molar-refractivity contribution < 1.29 is 17.9 Å². The van der Waals surface area contributed by atoms with Crippen LogP contribution >= 0.6 is 27.5 Å². The van der Waals surface area contributed by atoms with Gasteiger partial charge in [-0.2, -0.15) is 13.2 Å². The molecule has 0 aliphatic carbocycles. The number of hydrogen-bond acceptors (Lipinski definition) is 2. The molecule has 2 nitrogen and oxygen atoms in total. The number of rotatable bonds is 2. The van der Waals surface area contributed by atoms with Gasteiger partial charge >= 0.3 is 6.18 Å². The smallest absolute Gasteiger partial charge is 0.417 e. The minimum absolute atomic E-state index is 0.0686. The Kier molecular flexibility index (Phi) is 4.25. The molecule has 0 unspecified atom stereocenters. The van der Waals surface area contributed by atoms with Crippen molar-refractivity contribution in [1.29, 1.82) is 0 Å². The molecular weight excluding hydrogens is 358 g/mol. The molecule has 2 rings (SSSR count). The van der Waals surface area contributed by atoms with Crippen LogP contribution in [0.25, 0.3) is 0 Å². The highest BCUT2D eigenvalue weighted by Crippen LogP contribution is 2.35. The van der Waals surface area contributed by atoms with Gasteiger partial charge in [0.2, 0.25) is 5.88 Å². The minimum atomic E-state index is -4.49. The van der Waals surface area contributed by atoms with Gasteiger partial charge < -0.3 is 4.74 Å². The predicted molar refractivity (Wildman–Crippen MR) is 73.2 cm³/mol. The van der Waals surface area contributed by atoms with Crippen molar-refractivity contribution >= 4 is 27.5 Å². The lowest BCUT2D eigenvalue weighted by Crippen LogP contribution is -2.05. The molecular formula is C13H8BrClF3NO. The number of alkyl halides is 3. The quantitative estimate of drug-likeness (QED) is 0.688. The van der Waals surface area contributed by atoms with Crippen LogP contribution in [0, 0.1) is 6.92 Å². The fraction of sp³-hybridized carbons (Fsp3) is 0.154. The summed E-state index contributed by atoms with van der Waals surface area (Å²) in [5, 5.41) is -0.195. The highest BCUT2D eigenvalue weighted by atomic mass is 79.9. The van der Waals surface area contributed by atoms with Crippen molar-refractivity contribution in [2.75, 3.05) is 0 Å². The van der Waals surface area contributed by atoms with Crippen molar-refractivity contribution in [3.8, 4) is 11.6 Å². The second kappa shape index (κ2) is 5.61. The van der Waals surface area contributed by atoms with Crippen LogP contribution in [0.2, 0.25) is 5.02 Å². The first-order valence-electron chi connectivity index (χ1n) is 5.44. The molecule has 2 aromatic rings. The maximum Gasteiger partial charge on any atom is 0.417 e. The van der Waals surface area contributed by atoms with Crippen LogP contribution in [-0.4, -0.2) is 4.98 Å². The SMILES string of the molecule is Cc1ccc(Br)cc1Oc1ncc(C(F)(F)F)cc1Cl. The lowest BCUT2D eigenvalue weighted by Gasteiger charge is -2.11. The molecule has 0 radical (unpaired) electrons. The van der Waals surface area contributed by atoms with E-state index in [2.05, 4.69) is 20.9 Å². The van der Waals surface area contributed by atoms with Crippen LogP contribution in [0.3, 0.4) is 0 Å². The Morgan fingerprint density at radius 2 is 1.95 bits per heavy atom. The Morgan fingerprint density at radius 1 is 1.25 bits per heavy atom. The van der Waals surface area contributed by atoms with Gasteiger partial charge in [-0.3, -0.25) is 0 Å². The number of ether oxygens (including phenoxy) is 1. The standard InChI is InChI=1S/C13H8BrClF3NO/c1-7-2-3-9(14)5-11(7)20-12-10(15)4-8(6-19-12)13(16,17)18/h2-6H,1H3. The van der Waals surface area contributed by atoms with Crippen molar-refractivity contribution in [2.45, 2.75) is 13.1 Å². The van der Waals surface area contributed by atoms with Crippen molar-refractivity contribution in [2.24, 2.45) is 0 Å². The van der Waals surface area contributed by atoms with Crippen molar-refractivity contribution in [3.05, 3.63) is 51.1 Å². The third-order valence-electron chi connectivity index (χ3n) is 2.49. The Bertz CT molecular complexity index is 646. The summed E-state index contributed by atoms with van der Waals surface area (Å²) in [6.45, 7) is 1.81. The number of hydrogen-bond donors (Lipinski definition) is 0. The second-order valence-corrected chi connectivity index (χ2v) is 5.34. The number of halogens is 5. The summed E-state index contributed by atoms with van der Waals surface area (Å²) in [4.78, 5) is 3.62. The van der Waals surface area contributed by atoms with Gasteiger partial charge in [-0.05, 0) is 30.7 Å². The van der Waals surface area contributed by atoms with Gasteiger partial charge in [-0.1, -0.05) is 33.6 Å². The molecule has 0 saturated heterocycles. The highest BCUT2D eigenvalue weighted by Gasteiger charge is 2.31. The maximum absolute atomic E-state index is 12.5. The van der Waals surface area contributed by atoms with Gasteiger partial charge in [-0.25, -0.2) is 4.98 Å². The average Bonchev–Trinajstić information content (AvgIpc) is 2.35. The Balaban J connectivity index is 2.33. The Morgan fingerprint density at radius 3 is 2.55 bits per heavy atom. The van der Waals surface area contributed by atoms with E-state index in [9.17, 15) is 13.2 Å². The zero-order chi connectivity index (χ0) is 14.9. The first-order chi connectivity index (χ1) is 9.27. The van der Waals surface area contributed by atoms with Crippen LogP contribution in [-0.2, 0) is 6.18 Å². The summed E-state index contributed by atoms with van der Waals surface area (Å²) in [6, 6.07) is 6.10. The number of pyridine rings is 1. The largest absolute Gasteiger partial charge is 0.437 e. The molecule has 1 aromatic heterocycles. The second-order valence-electron chi connectivity index (χ2n) is 4.02. The van der Waals surface area contributed by atoms with E-state index in [4.69, 9.17) is 16.3 Å². The zero-order valence-electron chi connectivity index (χ0n) is 10.1. The topological polar surface area (TPSA) is 22.1 Å². The fourth-order valence-electron chi connectivity index (χ4n) is 1.44. The van der Waals surface area contributed by atoms with Crippen molar-refractivity contribution in [1.82, 2.24) is 4.98 Å². The molecule has 0 atom stereocenters. The first-order valence-corrected chi connectivity index (χ1v) is 6.61. The zero-order valence-corrected chi connectivity index (χ0v) is 12.5. The number of benzene rings is 1. The Hall–Kier alpha value is -1.27. The summed E-state index contributed by atoms with van der Waals surface area (Å²) in [6.07, 6.45) is -3.80. The van der Waals surface area contributed by atoms with Gasteiger partial charge in [0, 0.05) is 10.7 Å². The molecule has 0 aliphatic rings. The molecule has 0 aliphatic heterocycles. The predicted octanol–water partition coefficient (Wildman–Crippen LogP) is 5.62. The van der Waals surface area contributed by atoms with Gasteiger partial charge in [0.05, 0.1) is 5.56 Å². The summed E-state index contributed by atoms with van der Waals surface area (Å²) in [7, 11) is 0. The summed E-state index contributed by atoms with van der Waals surface area (Å²) < 4.78 is 43.7. The van der Waals surface area contributed by atoms with Gasteiger partial charge in [0.25, 0.3) is 0 Å². The van der Waals surface area contributed by atoms with Crippen LogP contribution in [0.15, 0.2) is 34.9 Å². The van der Waals surface area contributed by atoms with Gasteiger partial charge in [-0.15, -0.1) is 0 Å². The summed E-state index contributed by atoms with van der Waals surface area (Å²) >= 11 is 9.06. The molecule has 0 fully saturated rings. The molecule has 0 saturated carbocycles. The monoisotopic (exact) mass is 365 g/mol. The normalized spacial score (nSPS) is 11.5. The van der Waals surface area contributed by atoms with Crippen LogP contribution in [0.1, 0.15) is 11.1 Å². The molecule has 106 valence electrons. The van der Waals surface area contributed by atoms with E-state index in [1.807, 2.05) is 6.07 Å². The molecule has 0 N–H and O–H groups in total. The number of aryl methyl sites for hydroxylation is 1. The molecule has 1 heterocycles. The summed E-state index contributed by atoms with van der Waals surface area (Å²) in [5.74, 6) is 0.398. The first kappa shape index (κ1) is 15.1. The maximum atomic E-state index is 12.5. The van der Waals surface area contributed by atoms with Crippen LogP contribution < -0.4 is 4.74 Å².